The van der Waals surface area contributed by atoms with Crippen LogP contribution < -0.4 is 5.32 Å². The predicted molar refractivity (Wildman–Crippen MR) is 80.1 cm³/mol. The Hall–Kier alpha value is -1.72. The van der Waals surface area contributed by atoms with Gasteiger partial charge in [0.15, 0.2) is 0 Å². The fourth-order valence-corrected chi connectivity index (χ4v) is 3.26. The molecule has 0 aromatic carbocycles. The highest BCUT2D eigenvalue weighted by Gasteiger charge is 2.27. The molecule has 0 amide bonds. The van der Waals surface area contributed by atoms with Crippen molar-refractivity contribution in [2.45, 2.75) is 44.6 Å². The smallest absolute Gasteiger partial charge is 0.246 e. The van der Waals surface area contributed by atoms with Gasteiger partial charge < -0.3 is 5.32 Å². The fraction of sp³-hybridized carbons (Fsp3) is 0.615. The summed E-state index contributed by atoms with van der Waals surface area (Å²) in [6.07, 6.45) is 3.66. The lowest BCUT2D eigenvalue weighted by molar-refractivity contribution is 0.360. The molecule has 0 atom stereocenters. The van der Waals surface area contributed by atoms with E-state index in [-0.39, 0.29) is 23.9 Å². The molecule has 21 heavy (non-hydrogen) atoms. The lowest BCUT2D eigenvalue weighted by atomic mass is 10.3. The van der Waals surface area contributed by atoms with Crippen molar-refractivity contribution in [3.05, 3.63) is 12.4 Å². The van der Waals surface area contributed by atoms with Gasteiger partial charge in [-0.3, -0.25) is 0 Å². The molecule has 0 bridgehead atoms. The largest absolute Gasteiger partial charge is 0.354 e. The maximum Gasteiger partial charge on any atom is 0.246 e. The minimum atomic E-state index is -3.68. The SMILES string of the molecule is CCCNc1ncc(S(=O)(=O)N(CCC#N)C(C)C)cn1. The van der Waals surface area contributed by atoms with E-state index >= 15 is 0 Å². The molecule has 7 nitrogen and oxygen atoms in total. The van der Waals surface area contributed by atoms with Crippen molar-refractivity contribution >= 4 is 16.0 Å². The number of rotatable bonds is 8. The molecule has 1 rings (SSSR count). The lowest BCUT2D eigenvalue weighted by Gasteiger charge is -2.24. The van der Waals surface area contributed by atoms with Crippen LogP contribution in [0.4, 0.5) is 5.95 Å². The summed E-state index contributed by atoms with van der Waals surface area (Å²) in [5.41, 5.74) is 0. The summed E-state index contributed by atoms with van der Waals surface area (Å²) in [6, 6.07) is 1.73. The maximum absolute atomic E-state index is 12.5. The Bertz CT molecular complexity index is 578. The molecule has 1 N–H and O–H groups in total. The molecule has 0 saturated carbocycles. The zero-order valence-corrected chi connectivity index (χ0v) is 13.4. The van der Waals surface area contributed by atoms with Gasteiger partial charge in [0.05, 0.1) is 18.5 Å². The molecule has 0 spiro atoms. The highest BCUT2D eigenvalue weighted by Crippen LogP contribution is 2.17. The molecular formula is C13H21N5O2S. The molecule has 0 aliphatic carbocycles. The van der Waals surface area contributed by atoms with E-state index in [9.17, 15) is 8.42 Å². The van der Waals surface area contributed by atoms with Crippen LogP contribution in [0.25, 0.3) is 0 Å². The van der Waals surface area contributed by atoms with Crippen molar-refractivity contribution in [1.82, 2.24) is 14.3 Å². The molecule has 0 saturated heterocycles. The first kappa shape index (κ1) is 17.3. The summed E-state index contributed by atoms with van der Waals surface area (Å²) in [4.78, 5) is 8.06. The molecule has 116 valence electrons. The Morgan fingerprint density at radius 3 is 2.48 bits per heavy atom. The van der Waals surface area contributed by atoms with Crippen LogP contribution in [0.1, 0.15) is 33.6 Å². The Kier molecular flexibility index (Phi) is 6.52. The average molecular weight is 311 g/mol. The van der Waals surface area contributed by atoms with Crippen LogP contribution in [-0.4, -0.2) is 41.8 Å². The van der Waals surface area contributed by atoms with Crippen molar-refractivity contribution in [3.8, 4) is 6.07 Å². The topological polar surface area (TPSA) is 99.0 Å². The van der Waals surface area contributed by atoms with Gasteiger partial charge in [-0.2, -0.15) is 9.57 Å². The predicted octanol–water partition coefficient (Wildman–Crippen LogP) is 1.61. The number of hydrogen-bond donors (Lipinski definition) is 1. The Balaban J connectivity index is 2.97. The van der Waals surface area contributed by atoms with Gasteiger partial charge in [0, 0.05) is 25.6 Å². The number of nitrogens with one attached hydrogen (secondary N) is 1. The Labute approximate surface area is 126 Å². The molecule has 1 aromatic rings. The van der Waals surface area contributed by atoms with Crippen molar-refractivity contribution in [3.63, 3.8) is 0 Å². The van der Waals surface area contributed by atoms with E-state index in [0.717, 1.165) is 13.0 Å². The summed E-state index contributed by atoms with van der Waals surface area (Å²) < 4.78 is 26.3. The third-order valence-electron chi connectivity index (χ3n) is 2.79. The molecule has 0 aliphatic heterocycles. The number of sulfonamides is 1. The van der Waals surface area contributed by atoms with Crippen LogP contribution in [-0.2, 0) is 10.0 Å². The van der Waals surface area contributed by atoms with E-state index in [0.29, 0.717) is 5.95 Å². The highest BCUT2D eigenvalue weighted by atomic mass is 32.2. The standard InChI is InChI=1S/C13H21N5O2S/c1-4-7-15-13-16-9-12(10-17-13)21(19,20)18(11(2)3)8-5-6-14/h9-11H,4-5,7-8H2,1-3H3,(H,15,16,17). The van der Waals surface area contributed by atoms with Crippen LogP contribution in [0, 0.1) is 11.3 Å². The van der Waals surface area contributed by atoms with Gasteiger partial charge >= 0.3 is 0 Å². The number of hydrogen-bond acceptors (Lipinski definition) is 6. The molecule has 1 aromatic heterocycles. The fourth-order valence-electron chi connectivity index (χ4n) is 1.73. The zero-order valence-electron chi connectivity index (χ0n) is 12.6. The van der Waals surface area contributed by atoms with Crippen molar-refractivity contribution in [1.29, 1.82) is 5.26 Å². The molecule has 0 radical (unpaired) electrons. The van der Waals surface area contributed by atoms with Gasteiger partial charge in [0.25, 0.3) is 0 Å². The summed E-state index contributed by atoms with van der Waals surface area (Å²) in [5.74, 6) is 0.406. The quantitative estimate of drug-likeness (QED) is 0.783. The Morgan fingerprint density at radius 2 is 2.00 bits per heavy atom. The van der Waals surface area contributed by atoms with Crippen molar-refractivity contribution in [2.24, 2.45) is 0 Å². The molecule has 0 unspecified atom stereocenters. The second kappa shape index (κ2) is 7.90. The van der Waals surface area contributed by atoms with Crippen LogP contribution >= 0.6 is 0 Å². The second-order valence-corrected chi connectivity index (χ2v) is 6.68. The zero-order chi connectivity index (χ0) is 15.9. The number of nitrogens with zero attached hydrogens (tertiary/aromatic N) is 4. The van der Waals surface area contributed by atoms with Crippen LogP contribution in [0.2, 0.25) is 0 Å². The minimum absolute atomic E-state index is 0.0381. The molecule has 0 fully saturated rings. The molecular weight excluding hydrogens is 290 g/mol. The first-order valence-electron chi connectivity index (χ1n) is 6.88. The van der Waals surface area contributed by atoms with E-state index in [1.165, 1.54) is 16.7 Å². The van der Waals surface area contributed by atoms with E-state index in [1.807, 2.05) is 13.0 Å². The van der Waals surface area contributed by atoms with Crippen molar-refractivity contribution < 1.29 is 8.42 Å². The van der Waals surface area contributed by atoms with Gasteiger partial charge in [0.1, 0.15) is 4.90 Å². The highest BCUT2D eigenvalue weighted by molar-refractivity contribution is 7.89. The van der Waals surface area contributed by atoms with E-state index in [4.69, 9.17) is 5.26 Å². The molecule has 8 heteroatoms. The normalized spacial score (nSPS) is 11.6. The van der Waals surface area contributed by atoms with E-state index in [2.05, 4.69) is 15.3 Å². The minimum Gasteiger partial charge on any atom is -0.354 e. The lowest BCUT2D eigenvalue weighted by Crippen LogP contribution is -2.37. The summed E-state index contributed by atoms with van der Waals surface area (Å²) in [7, 11) is -3.68. The van der Waals surface area contributed by atoms with Crippen LogP contribution in [0.5, 0.6) is 0 Å². The van der Waals surface area contributed by atoms with Gasteiger partial charge in [-0.1, -0.05) is 6.92 Å². The van der Waals surface area contributed by atoms with E-state index in [1.54, 1.807) is 13.8 Å². The second-order valence-electron chi connectivity index (χ2n) is 4.79. The Morgan fingerprint density at radius 1 is 1.38 bits per heavy atom. The van der Waals surface area contributed by atoms with Crippen molar-refractivity contribution in [2.75, 3.05) is 18.4 Å². The number of anilines is 1. The first-order valence-corrected chi connectivity index (χ1v) is 8.32. The number of nitriles is 1. The van der Waals surface area contributed by atoms with Crippen LogP contribution in [0.15, 0.2) is 17.3 Å². The summed E-state index contributed by atoms with van der Waals surface area (Å²) in [6.45, 7) is 6.44. The van der Waals surface area contributed by atoms with E-state index < -0.39 is 10.0 Å². The third kappa shape index (κ3) is 4.65. The average Bonchev–Trinajstić information content (AvgIpc) is 2.45. The summed E-state index contributed by atoms with van der Waals surface area (Å²) >= 11 is 0. The summed E-state index contributed by atoms with van der Waals surface area (Å²) in [5, 5.41) is 11.6. The maximum atomic E-state index is 12.5. The third-order valence-corrected chi connectivity index (χ3v) is 4.82. The van der Waals surface area contributed by atoms with Gasteiger partial charge in [-0.25, -0.2) is 18.4 Å². The first-order chi connectivity index (χ1) is 9.93. The molecule has 1 heterocycles. The van der Waals surface area contributed by atoms with Gasteiger partial charge in [-0.05, 0) is 20.3 Å². The number of aromatic nitrogens is 2. The van der Waals surface area contributed by atoms with Gasteiger partial charge in [0.2, 0.25) is 16.0 Å². The van der Waals surface area contributed by atoms with Gasteiger partial charge in [-0.15, -0.1) is 0 Å². The monoisotopic (exact) mass is 311 g/mol. The van der Waals surface area contributed by atoms with Crippen LogP contribution in [0.3, 0.4) is 0 Å². The molecule has 0 aliphatic rings.